The largest absolute Gasteiger partial charge is 0.497 e. The van der Waals surface area contributed by atoms with Crippen molar-refractivity contribution in [3.8, 4) is 5.75 Å². The smallest absolute Gasteiger partial charge is 0.119 e. The van der Waals surface area contributed by atoms with Crippen molar-refractivity contribution in [2.24, 2.45) is 0 Å². The van der Waals surface area contributed by atoms with E-state index >= 15 is 0 Å². The van der Waals surface area contributed by atoms with E-state index in [4.69, 9.17) is 4.74 Å². The zero-order valence-electron chi connectivity index (χ0n) is 19.0. The van der Waals surface area contributed by atoms with Crippen molar-refractivity contribution in [2.75, 3.05) is 12.0 Å². The average molecular weight is 430 g/mol. The molecule has 2 heteroatoms. The summed E-state index contributed by atoms with van der Waals surface area (Å²) in [6.45, 7) is 2.20. The molecule has 162 valence electrons. The maximum absolute atomic E-state index is 5.42. The van der Waals surface area contributed by atoms with Gasteiger partial charge in [0.25, 0.3) is 0 Å². The van der Waals surface area contributed by atoms with E-state index in [1.807, 2.05) is 12.1 Å². The van der Waals surface area contributed by atoms with E-state index < -0.39 is 0 Å². The first-order valence-electron chi connectivity index (χ1n) is 11.3. The fraction of sp³-hybridized carbons (Fsp3) is 0.0968. The summed E-state index contributed by atoms with van der Waals surface area (Å²) in [4.78, 5) is 2.43. The van der Waals surface area contributed by atoms with Gasteiger partial charge in [0.05, 0.1) is 13.2 Å². The standard InChI is InChI=1S/C31H27NO/c1-23-22-29(24-12-6-3-7-13-24)30(25-14-8-4-9-15-25)31(26-16-10-5-11-17-26)32(23)27-18-20-28(33-2)21-19-27/h3-22,31H,1-2H3. The number of ether oxygens (including phenoxy) is 1. The van der Waals surface area contributed by atoms with Crippen molar-refractivity contribution < 1.29 is 4.74 Å². The highest BCUT2D eigenvalue weighted by Crippen LogP contribution is 2.48. The van der Waals surface area contributed by atoms with E-state index in [1.54, 1.807) is 7.11 Å². The van der Waals surface area contributed by atoms with Crippen LogP contribution in [0, 0.1) is 0 Å². The molecule has 4 aromatic rings. The summed E-state index contributed by atoms with van der Waals surface area (Å²) in [6.07, 6.45) is 2.32. The topological polar surface area (TPSA) is 12.5 Å². The van der Waals surface area contributed by atoms with Gasteiger partial charge in [0.2, 0.25) is 0 Å². The molecule has 0 aliphatic carbocycles. The minimum atomic E-state index is 0.0298. The first-order chi connectivity index (χ1) is 16.3. The van der Waals surface area contributed by atoms with Crippen LogP contribution in [-0.4, -0.2) is 7.11 Å². The molecule has 1 aliphatic heterocycles. The van der Waals surface area contributed by atoms with Gasteiger partial charge in [0.1, 0.15) is 5.75 Å². The molecule has 0 fully saturated rings. The highest BCUT2D eigenvalue weighted by Gasteiger charge is 2.32. The van der Waals surface area contributed by atoms with E-state index in [-0.39, 0.29) is 6.04 Å². The van der Waals surface area contributed by atoms with Crippen LogP contribution in [0.3, 0.4) is 0 Å². The van der Waals surface area contributed by atoms with E-state index in [0.717, 1.165) is 11.4 Å². The molecule has 1 aliphatic rings. The predicted octanol–water partition coefficient (Wildman–Crippen LogP) is 7.77. The van der Waals surface area contributed by atoms with Crippen LogP contribution in [0.5, 0.6) is 5.75 Å². The molecule has 0 spiro atoms. The molecule has 1 unspecified atom stereocenters. The van der Waals surface area contributed by atoms with E-state index in [2.05, 4.69) is 121 Å². The summed E-state index contributed by atoms with van der Waals surface area (Å²) in [5.74, 6) is 0.859. The van der Waals surface area contributed by atoms with Gasteiger partial charge >= 0.3 is 0 Å². The van der Waals surface area contributed by atoms with Gasteiger partial charge in [-0.1, -0.05) is 91.0 Å². The number of hydrogen-bond donors (Lipinski definition) is 0. The van der Waals surface area contributed by atoms with Crippen molar-refractivity contribution in [3.63, 3.8) is 0 Å². The van der Waals surface area contributed by atoms with Gasteiger partial charge in [-0.3, -0.25) is 0 Å². The summed E-state index contributed by atoms with van der Waals surface area (Å²) in [5.41, 5.74) is 8.62. The van der Waals surface area contributed by atoms with Gasteiger partial charge in [0.15, 0.2) is 0 Å². The van der Waals surface area contributed by atoms with Gasteiger partial charge < -0.3 is 9.64 Å². The highest BCUT2D eigenvalue weighted by molar-refractivity contribution is 6.01. The Balaban J connectivity index is 1.79. The maximum Gasteiger partial charge on any atom is 0.119 e. The zero-order chi connectivity index (χ0) is 22.6. The summed E-state index contributed by atoms with van der Waals surface area (Å²) in [5, 5.41) is 0. The molecule has 33 heavy (non-hydrogen) atoms. The molecule has 4 aromatic carbocycles. The molecule has 1 heterocycles. The van der Waals surface area contributed by atoms with Crippen LogP contribution in [-0.2, 0) is 0 Å². The number of hydrogen-bond acceptors (Lipinski definition) is 2. The predicted molar refractivity (Wildman–Crippen MR) is 138 cm³/mol. The Bertz CT molecular complexity index is 1270. The number of allylic oxidation sites excluding steroid dienone is 3. The van der Waals surface area contributed by atoms with Gasteiger partial charge in [-0.25, -0.2) is 0 Å². The van der Waals surface area contributed by atoms with Gasteiger partial charge in [0, 0.05) is 11.4 Å². The molecule has 0 bridgehead atoms. The van der Waals surface area contributed by atoms with Crippen molar-refractivity contribution in [1.82, 2.24) is 0 Å². The van der Waals surface area contributed by atoms with Crippen LogP contribution in [0.25, 0.3) is 11.1 Å². The van der Waals surface area contributed by atoms with Crippen molar-refractivity contribution in [2.45, 2.75) is 13.0 Å². The highest BCUT2D eigenvalue weighted by atomic mass is 16.5. The molecule has 0 saturated heterocycles. The van der Waals surface area contributed by atoms with E-state index in [0.29, 0.717) is 0 Å². The minimum Gasteiger partial charge on any atom is -0.497 e. The summed E-state index contributed by atoms with van der Waals surface area (Å²) >= 11 is 0. The lowest BCUT2D eigenvalue weighted by Crippen LogP contribution is -2.31. The number of anilines is 1. The number of methoxy groups -OCH3 is 1. The van der Waals surface area contributed by atoms with Crippen LogP contribution >= 0.6 is 0 Å². The molecule has 0 amide bonds. The lowest BCUT2D eigenvalue weighted by atomic mass is 9.82. The summed E-state index contributed by atoms with van der Waals surface area (Å²) < 4.78 is 5.42. The lowest BCUT2D eigenvalue weighted by Gasteiger charge is -2.41. The van der Waals surface area contributed by atoms with Crippen LogP contribution in [0.4, 0.5) is 5.69 Å². The average Bonchev–Trinajstić information content (AvgIpc) is 2.89. The molecule has 0 aromatic heterocycles. The Morgan fingerprint density at radius 2 is 1.18 bits per heavy atom. The second-order valence-corrected chi connectivity index (χ2v) is 8.23. The summed E-state index contributed by atoms with van der Waals surface area (Å²) in [6, 6.07) is 40.6. The molecule has 5 rings (SSSR count). The Kier molecular flexibility index (Phi) is 5.82. The third-order valence-corrected chi connectivity index (χ3v) is 6.19. The van der Waals surface area contributed by atoms with Crippen molar-refractivity contribution in [3.05, 3.63) is 144 Å². The minimum absolute atomic E-state index is 0.0298. The molecular formula is C31H27NO. The molecule has 0 radical (unpaired) electrons. The Labute approximate surface area is 196 Å². The van der Waals surface area contributed by atoms with E-state index in [1.165, 1.54) is 33.5 Å². The normalized spacial score (nSPS) is 15.9. The van der Waals surface area contributed by atoms with E-state index in [9.17, 15) is 0 Å². The van der Waals surface area contributed by atoms with Crippen LogP contribution in [0.15, 0.2) is 127 Å². The fourth-order valence-electron chi connectivity index (χ4n) is 4.67. The van der Waals surface area contributed by atoms with Crippen LogP contribution < -0.4 is 9.64 Å². The maximum atomic E-state index is 5.42. The van der Waals surface area contributed by atoms with Crippen molar-refractivity contribution >= 4 is 16.8 Å². The van der Waals surface area contributed by atoms with Crippen LogP contribution in [0.1, 0.15) is 29.7 Å². The molecule has 1 atom stereocenters. The molecule has 0 N–H and O–H groups in total. The second kappa shape index (κ2) is 9.22. The molecule has 2 nitrogen and oxygen atoms in total. The molecule has 0 saturated carbocycles. The zero-order valence-corrected chi connectivity index (χ0v) is 19.0. The van der Waals surface area contributed by atoms with Gasteiger partial charge in [-0.2, -0.15) is 0 Å². The van der Waals surface area contributed by atoms with Gasteiger partial charge in [-0.05, 0) is 65.1 Å². The number of nitrogens with zero attached hydrogens (tertiary/aromatic N) is 1. The number of rotatable bonds is 5. The SMILES string of the molecule is COc1ccc(N2C(C)=CC(c3ccccc3)=C(c3ccccc3)C2c2ccccc2)cc1. The Hall–Kier alpha value is -4.04. The Morgan fingerprint density at radius 3 is 1.76 bits per heavy atom. The van der Waals surface area contributed by atoms with Crippen LogP contribution in [0.2, 0.25) is 0 Å². The molecular weight excluding hydrogens is 402 g/mol. The second-order valence-electron chi connectivity index (χ2n) is 8.23. The third kappa shape index (κ3) is 4.08. The third-order valence-electron chi connectivity index (χ3n) is 6.19. The summed E-state index contributed by atoms with van der Waals surface area (Å²) in [7, 11) is 1.70. The first-order valence-corrected chi connectivity index (χ1v) is 11.3. The Morgan fingerprint density at radius 1 is 0.636 bits per heavy atom. The quantitative estimate of drug-likeness (QED) is 0.321. The monoisotopic (exact) mass is 429 g/mol. The first kappa shape index (κ1) is 20.8. The fourth-order valence-corrected chi connectivity index (χ4v) is 4.67. The van der Waals surface area contributed by atoms with Crippen molar-refractivity contribution in [1.29, 1.82) is 0 Å². The lowest BCUT2D eigenvalue weighted by molar-refractivity contribution is 0.415. The number of benzene rings is 4. The van der Waals surface area contributed by atoms with Gasteiger partial charge in [-0.15, -0.1) is 0 Å².